The van der Waals surface area contributed by atoms with Gasteiger partial charge in [0.1, 0.15) is 30.8 Å². The number of hydrogen-bond donors (Lipinski definition) is 2. The van der Waals surface area contributed by atoms with E-state index in [1.54, 1.807) is 0 Å². The fourth-order valence-corrected chi connectivity index (χ4v) is 6.49. The summed E-state index contributed by atoms with van der Waals surface area (Å²) in [6.45, 7) is 15.2. The van der Waals surface area contributed by atoms with Gasteiger partial charge >= 0.3 is 0 Å². The van der Waals surface area contributed by atoms with Gasteiger partial charge in [-0.1, -0.05) is 43.8 Å². The van der Waals surface area contributed by atoms with Crippen molar-refractivity contribution in [3.8, 4) is 11.5 Å². The largest absolute Gasteiger partial charge is 0.492 e. The summed E-state index contributed by atoms with van der Waals surface area (Å²) >= 11 is 1.88. The van der Waals surface area contributed by atoms with Crippen molar-refractivity contribution in [2.24, 2.45) is 0 Å². The number of aliphatic hydroxyl groups excluding tert-OH is 1. The Morgan fingerprint density at radius 3 is 2.21 bits per heavy atom. The lowest BCUT2D eigenvalue weighted by Gasteiger charge is -2.36. The Morgan fingerprint density at radius 2 is 1.48 bits per heavy atom. The molecule has 226 valence electrons. The standard InChI is InChI=1S/C34H46N4O3S/c1-26(2)35-24-28(39)25-41-30-12-10-29(11-13-30)40-22-21-37-19-17-36(18-20-37)15-6-16-38-31-7-4-5-8-33(31)42-34-14-9-27(3)23-32(34)38/h4-5,7-14,23,26,28,35,39H,6,15-22,24-25H2,1-3H3/t28-/m0/s1. The van der Waals surface area contributed by atoms with Crippen molar-refractivity contribution in [3.63, 3.8) is 0 Å². The van der Waals surface area contributed by atoms with E-state index >= 15 is 0 Å². The lowest BCUT2D eigenvalue weighted by Crippen LogP contribution is -2.47. The van der Waals surface area contributed by atoms with E-state index in [0.717, 1.165) is 63.7 Å². The molecule has 0 aromatic heterocycles. The molecule has 1 saturated heterocycles. The fraction of sp³-hybridized carbons (Fsp3) is 0.471. The summed E-state index contributed by atoms with van der Waals surface area (Å²) in [5, 5.41) is 13.2. The Kier molecular flexibility index (Phi) is 11.1. The van der Waals surface area contributed by atoms with Crippen LogP contribution in [0.3, 0.4) is 0 Å². The number of aryl methyl sites for hydroxylation is 1. The second-order valence-corrected chi connectivity index (χ2v) is 12.7. The fourth-order valence-electron chi connectivity index (χ4n) is 5.42. The van der Waals surface area contributed by atoms with E-state index in [1.807, 2.05) is 36.0 Å². The number of hydrogen-bond acceptors (Lipinski definition) is 8. The molecule has 3 aromatic rings. The monoisotopic (exact) mass is 590 g/mol. The molecular formula is C34H46N4O3S. The quantitative estimate of drug-likeness (QED) is 0.258. The van der Waals surface area contributed by atoms with Crippen LogP contribution in [0.4, 0.5) is 11.4 Å². The molecule has 0 spiro atoms. The zero-order chi connectivity index (χ0) is 29.3. The van der Waals surface area contributed by atoms with Gasteiger partial charge in [-0.05, 0) is 74.0 Å². The van der Waals surface area contributed by atoms with Gasteiger partial charge < -0.3 is 29.7 Å². The van der Waals surface area contributed by atoms with E-state index in [2.05, 4.69) is 83.3 Å². The van der Waals surface area contributed by atoms with Gasteiger partial charge in [-0.25, -0.2) is 0 Å². The highest BCUT2D eigenvalue weighted by Gasteiger charge is 2.23. The van der Waals surface area contributed by atoms with E-state index in [-0.39, 0.29) is 6.61 Å². The van der Waals surface area contributed by atoms with Gasteiger partial charge in [0.05, 0.1) is 11.4 Å². The summed E-state index contributed by atoms with van der Waals surface area (Å²) in [7, 11) is 0. The summed E-state index contributed by atoms with van der Waals surface area (Å²) in [5.41, 5.74) is 3.99. The molecule has 2 N–H and O–H groups in total. The van der Waals surface area contributed by atoms with Gasteiger partial charge in [0.2, 0.25) is 0 Å². The molecular weight excluding hydrogens is 544 g/mol. The molecule has 42 heavy (non-hydrogen) atoms. The summed E-state index contributed by atoms with van der Waals surface area (Å²) in [6, 6.07) is 23.6. The van der Waals surface area contributed by atoms with E-state index < -0.39 is 6.10 Å². The minimum Gasteiger partial charge on any atom is -0.492 e. The van der Waals surface area contributed by atoms with Crippen LogP contribution in [0.25, 0.3) is 0 Å². The summed E-state index contributed by atoms with van der Waals surface area (Å²) in [4.78, 5) is 10.3. The number of para-hydroxylation sites is 1. The molecule has 0 saturated carbocycles. The third kappa shape index (κ3) is 8.64. The maximum Gasteiger partial charge on any atom is 0.119 e. The Balaban J connectivity index is 0.991. The average molecular weight is 591 g/mol. The molecule has 0 unspecified atom stereocenters. The number of anilines is 2. The molecule has 7 nitrogen and oxygen atoms in total. The third-order valence-corrected chi connectivity index (χ3v) is 8.94. The van der Waals surface area contributed by atoms with Gasteiger partial charge in [-0.2, -0.15) is 0 Å². The molecule has 2 aliphatic heterocycles. The van der Waals surface area contributed by atoms with Gasteiger partial charge in [0.15, 0.2) is 0 Å². The van der Waals surface area contributed by atoms with Crippen molar-refractivity contribution >= 4 is 23.1 Å². The summed E-state index contributed by atoms with van der Waals surface area (Å²) in [5.74, 6) is 1.59. The van der Waals surface area contributed by atoms with E-state index in [0.29, 0.717) is 19.2 Å². The molecule has 0 bridgehead atoms. The number of rotatable bonds is 14. The highest BCUT2D eigenvalue weighted by atomic mass is 32.2. The molecule has 3 aromatic carbocycles. The Hall–Kier alpha value is -2.75. The van der Waals surface area contributed by atoms with Crippen LogP contribution in [-0.4, -0.2) is 92.6 Å². The van der Waals surface area contributed by atoms with Crippen LogP contribution in [0.15, 0.2) is 76.5 Å². The van der Waals surface area contributed by atoms with E-state index in [4.69, 9.17) is 9.47 Å². The predicted molar refractivity (Wildman–Crippen MR) is 173 cm³/mol. The van der Waals surface area contributed by atoms with Gasteiger partial charge in [0.25, 0.3) is 0 Å². The highest BCUT2D eigenvalue weighted by molar-refractivity contribution is 7.99. The van der Waals surface area contributed by atoms with Gasteiger partial charge in [-0.15, -0.1) is 0 Å². The Morgan fingerprint density at radius 1 is 0.810 bits per heavy atom. The first-order valence-corrected chi connectivity index (χ1v) is 16.1. The van der Waals surface area contributed by atoms with Crippen molar-refractivity contribution in [3.05, 3.63) is 72.3 Å². The molecule has 2 heterocycles. The van der Waals surface area contributed by atoms with Crippen LogP contribution in [-0.2, 0) is 0 Å². The molecule has 0 radical (unpaired) electrons. The predicted octanol–water partition coefficient (Wildman–Crippen LogP) is 5.42. The number of nitrogens with one attached hydrogen (secondary N) is 1. The molecule has 1 fully saturated rings. The first-order valence-electron chi connectivity index (χ1n) is 15.3. The third-order valence-electron chi connectivity index (χ3n) is 7.81. The van der Waals surface area contributed by atoms with Crippen LogP contribution in [0, 0.1) is 6.92 Å². The smallest absolute Gasteiger partial charge is 0.119 e. The van der Waals surface area contributed by atoms with Gasteiger partial charge in [0, 0.05) is 61.6 Å². The van der Waals surface area contributed by atoms with Crippen molar-refractivity contribution in [1.29, 1.82) is 0 Å². The lowest BCUT2D eigenvalue weighted by atomic mass is 10.1. The highest BCUT2D eigenvalue weighted by Crippen LogP contribution is 2.48. The zero-order valence-electron chi connectivity index (χ0n) is 25.3. The number of fused-ring (bicyclic) bond motifs is 2. The zero-order valence-corrected chi connectivity index (χ0v) is 26.1. The summed E-state index contributed by atoms with van der Waals surface area (Å²) in [6.07, 6.45) is 0.611. The second kappa shape index (κ2) is 15.1. The van der Waals surface area contributed by atoms with Crippen LogP contribution >= 0.6 is 11.8 Å². The molecule has 5 rings (SSSR count). The summed E-state index contributed by atoms with van der Waals surface area (Å²) < 4.78 is 11.7. The number of aliphatic hydroxyl groups is 1. The molecule has 0 aliphatic carbocycles. The molecule has 1 atom stereocenters. The minimum absolute atomic E-state index is 0.269. The SMILES string of the molecule is Cc1ccc2c(c1)N(CCCN1CCN(CCOc3ccc(OC[C@@H](O)CNC(C)C)cc3)CC1)c1ccccc1S2. The van der Waals surface area contributed by atoms with E-state index in [1.165, 1.54) is 26.7 Å². The van der Waals surface area contributed by atoms with Crippen LogP contribution in [0.1, 0.15) is 25.8 Å². The molecule has 2 aliphatic rings. The Bertz CT molecular complexity index is 1260. The number of nitrogens with zero attached hydrogens (tertiary/aromatic N) is 3. The number of piperazine rings is 1. The first-order chi connectivity index (χ1) is 20.4. The normalized spacial score (nSPS) is 16.3. The van der Waals surface area contributed by atoms with Crippen LogP contribution in [0.2, 0.25) is 0 Å². The van der Waals surface area contributed by atoms with E-state index in [9.17, 15) is 5.11 Å². The molecule has 8 heteroatoms. The van der Waals surface area contributed by atoms with Crippen molar-refractivity contribution in [1.82, 2.24) is 15.1 Å². The topological polar surface area (TPSA) is 60.4 Å². The molecule has 0 amide bonds. The minimum atomic E-state index is -0.531. The number of benzene rings is 3. The average Bonchev–Trinajstić information content (AvgIpc) is 3.00. The van der Waals surface area contributed by atoms with Gasteiger partial charge in [-0.3, -0.25) is 4.90 Å². The Labute approximate surface area is 255 Å². The second-order valence-electron chi connectivity index (χ2n) is 11.6. The van der Waals surface area contributed by atoms with Crippen LogP contribution in [0.5, 0.6) is 11.5 Å². The van der Waals surface area contributed by atoms with Crippen molar-refractivity contribution < 1.29 is 14.6 Å². The lowest BCUT2D eigenvalue weighted by molar-refractivity contribution is 0.104. The van der Waals surface area contributed by atoms with Crippen molar-refractivity contribution in [2.45, 2.75) is 49.1 Å². The maximum atomic E-state index is 10.0. The van der Waals surface area contributed by atoms with Crippen molar-refractivity contribution in [2.75, 3.05) is 70.5 Å². The van der Waals surface area contributed by atoms with Crippen LogP contribution < -0.4 is 19.7 Å². The number of ether oxygens (including phenoxy) is 2. The maximum absolute atomic E-state index is 10.0. The first kappa shape index (κ1) is 30.7.